The Bertz CT molecular complexity index is 1840. The van der Waals surface area contributed by atoms with Crippen molar-refractivity contribution in [3.8, 4) is 23.0 Å². The van der Waals surface area contributed by atoms with Gasteiger partial charge >= 0.3 is 0 Å². The van der Waals surface area contributed by atoms with Crippen LogP contribution in [0.4, 0.5) is 5.69 Å². The first-order chi connectivity index (χ1) is 24.1. The van der Waals surface area contributed by atoms with Crippen LogP contribution in [0, 0.1) is 0 Å². The van der Waals surface area contributed by atoms with E-state index in [-0.39, 0.29) is 47.0 Å². The predicted molar refractivity (Wildman–Crippen MR) is 192 cm³/mol. The summed E-state index contributed by atoms with van der Waals surface area (Å²) in [4.78, 5) is 30.1. The molecule has 0 heterocycles. The van der Waals surface area contributed by atoms with Crippen molar-refractivity contribution in [2.75, 3.05) is 39.3 Å². The number of carbonyl (C=O) groups is 2. The van der Waals surface area contributed by atoms with Crippen molar-refractivity contribution in [2.45, 2.75) is 50.2 Å². The number of rotatable bonds is 17. The molecule has 266 valence electrons. The zero-order valence-electron chi connectivity index (χ0n) is 29.3. The first-order valence-electron chi connectivity index (χ1n) is 16.2. The molecular weight excluding hydrogens is 658 g/mol. The molecule has 0 saturated carbocycles. The molecule has 0 aliphatic heterocycles. The Morgan fingerprint density at radius 2 is 1.34 bits per heavy atom. The molecule has 50 heavy (non-hydrogen) atoms. The van der Waals surface area contributed by atoms with Crippen LogP contribution in [0.15, 0.2) is 102 Å². The van der Waals surface area contributed by atoms with E-state index < -0.39 is 28.5 Å². The third-order valence-corrected chi connectivity index (χ3v) is 10.1. The zero-order valence-corrected chi connectivity index (χ0v) is 30.1. The van der Waals surface area contributed by atoms with Gasteiger partial charge in [0, 0.05) is 31.1 Å². The standard InChI is InChI=1S/C38H45N3O8S/c1-7-27(2)39-38(43)33(22-28-14-10-8-11-15-28)40(25-29-16-12-9-13-17-29)37(42)26-41(32-23-30(46-3)18-20-34(32)47-4)50(44,45)31-19-21-35(48-5)36(24-31)49-6/h8-21,23-24,27,33H,7,22,25-26H2,1-6H3,(H,39,43)/t27-,33-/m1/s1. The van der Waals surface area contributed by atoms with Crippen molar-refractivity contribution < 1.29 is 37.0 Å². The minimum Gasteiger partial charge on any atom is -0.497 e. The Kier molecular flexibility index (Phi) is 13.1. The number of ether oxygens (including phenoxy) is 4. The zero-order chi connectivity index (χ0) is 36.3. The maximum atomic E-state index is 14.8. The van der Waals surface area contributed by atoms with E-state index in [0.29, 0.717) is 17.9 Å². The fourth-order valence-corrected chi connectivity index (χ4v) is 6.82. The minimum atomic E-state index is -4.48. The summed E-state index contributed by atoms with van der Waals surface area (Å²) in [7, 11) is 1.23. The third-order valence-electron chi connectivity index (χ3n) is 8.34. The molecule has 0 bridgehead atoms. The lowest BCUT2D eigenvalue weighted by Gasteiger charge is -2.34. The lowest BCUT2D eigenvalue weighted by atomic mass is 10.0. The van der Waals surface area contributed by atoms with E-state index in [4.69, 9.17) is 18.9 Å². The van der Waals surface area contributed by atoms with Gasteiger partial charge < -0.3 is 29.2 Å². The number of nitrogens with zero attached hydrogens (tertiary/aromatic N) is 2. The number of carbonyl (C=O) groups excluding carboxylic acids is 2. The van der Waals surface area contributed by atoms with Crippen LogP contribution in [0.2, 0.25) is 0 Å². The number of sulfonamides is 1. The lowest BCUT2D eigenvalue weighted by Crippen LogP contribution is -2.54. The van der Waals surface area contributed by atoms with Gasteiger partial charge in [-0.25, -0.2) is 8.42 Å². The Hall–Kier alpha value is -5.23. The topological polar surface area (TPSA) is 124 Å². The molecule has 11 nitrogen and oxygen atoms in total. The molecule has 2 amide bonds. The number of anilines is 1. The van der Waals surface area contributed by atoms with Crippen molar-refractivity contribution in [3.63, 3.8) is 0 Å². The van der Waals surface area contributed by atoms with Gasteiger partial charge in [-0.1, -0.05) is 67.6 Å². The average Bonchev–Trinajstić information content (AvgIpc) is 3.15. The van der Waals surface area contributed by atoms with Crippen molar-refractivity contribution in [2.24, 2.45) is 0 Å². The van der Waals surface area contributed by atoms with Crippen molar-refractivity contribution in [1.29, 1.82) is 0 Å². The van der Waals surface area contributed by atoms with Crippen LogP contribution < -0.4 is 28.6 Å². The average molecular weight is 704 g/mol. The number of hydrogen-bond acceptors (Lipinski definition) is 8. The molecule has 0 spiro atoms. The van der Waals surface area contributed by atoms with Crippen molar-refractivity contribution in [1.82, 2.24) is 10.2 Å². The van der Waals surface area contributed by atoms with Crippen LogP contribution in [-0.4, -0.2) is 72.2 Å². The summed E-state index contributed by atoms with van der Waals surface area (Å²) in [6.45, 7) is 3.23. The number of methoxy groups -OCH3 is 4. The number of amides is 2. The summed E-state index contributed by atoms with van der Waals surface area (Å²) in [5.41, 5.74) is 1.67. The first kappa shape index (κ1) is 37.6. The second-order valence-corrected chi connectivity index (χ2v) is 13.5. The second-order valence-electron chi connectivity index (χ2n) is 11.6. The smallest absolute Gasteiger partial charge is 0.265 e. The molecule has 0 aromatic heterocycles. The molecule has 12 heteroatoms. The van der Waals surface area contributed by atoms with E-state index in [9.17, 15) is 18.0 Å². The molecule has 0 saturated heterocycles. The molecule has 0 aliphatic carbocycles. The molecule has 4 aromatic rings. The fourth-order valence-electron chi connectivity index (χ4n) is 5.38. The molecule has 4 aromatic carbocycles. The maximum absolute atomic E-state index is 14.8. The largest absolute Gasteiger partial charge is 0.497 e. The molecule has 0 aliphatic rings. The summed E-state index contributed by atoms with van der Waals surface area (Å²) < 4.78 is 52.1. The van der Waals surface area contributed by atoms with Crippen LogP contribution in [0.1, 0.15) is 31.4 Å². The Labute approximate surface area is 294 Å². The van der Waals surface area contributed by atoms with Gasteiger partial charge in [-0.3, -0.25) is 13.9 Å². The lowest BCUT2D eigenvalue weighted by molar-refractivity contribution is -0.140. The predicted octanol–water partition coefficient (Wildman–Crippen LogP) is 5.47. The number of hydrogen-bond donors (Lipinski definition) is 1. The normalized spacial score (nSPS) is 12.3. The maximum Gasteiger partial charge on any atom is 0.265 e. The third kappa shape index (κ3) is 9.06. The van der Waals surface area contributed by atoms with E-state index in [0.717, 1.165) is 15.4 Å². The molecule has 0 fully saturated rings. The highest BCUT2D eigenvalue weighted by molar-refractivity contribution is 7.92. The summed E-state index contributed by atoms with van der Waals surface area (Å²) in [5, 5.41) is 3.04. The highest BCUT2D eigenvalue weighted by Gasteiger charge is 2.36. The van der Waals surface area contributed by atoms with E-state index in [1.807, 2.05) is 74.5 Å². The summed E-state index contributed by atoms with van der Waals surface area (Å²) in [5.74, 6) is 0.0964. The van der Waals surface area contributed by atoms with Crippen molar-refractivity contribution in [3.05, 3.63) is 108 Å². The monoisotopic (exact) mass is 703 g/mol. The van der Waals surface area contributed by atoms with Gasteiger partial charge in [0.15, 0.2) is 11.5 Å². The summed E-state index contributed by atoms with van der Waals surface area (Å²) >= 11 is 0. The van der Waals surface area contributed by atoms with E-state index in [2.05, 4.69) is 5.32 Å². The Morgan fingerprint density at radius 3 is 1.92 bits per heavy atom. The van der Waals surface area contributed by atoms with Crippen LogP contribution in [0.25, 0.3) is 0 Å². The second kappa shape index (κ2) is 17.4. The Morgan fingerprint density at radius 1 is 0.740 bits per heavy atom. The van der Waals surface area contributed by atoms with Crippen LogP contribution in [-0.2, 0) is 32.6 Å². The van der Waals surface area contributed by atoms with Gasteiger partial charge in [0.2, 0.25) is 11.8 Å². The number of nitrogens with one attached hydrogen (secondary N) is 1. The molecule has 2 atom stereocenters. The van der Waals surface area contributed by atoms with Gasteiger partial charge in [0.05, 0.1) is 39.0 Å². The molecule has 1 N–H and O–H groups in total. The quantitative estimate of drug-likeness (QED) is 0.154. The SMILES string of the molecule is CC[C@@H](C)NC(=O)[C@@H](Cc1ccccc1)N(Cc1ccccc1)C(=O)CN(c1cc(OC)ccc1OC)S(=O)(=O)c1ccc(OC)c(OC)c1. The van der Waals surface area contributed by atoms with E-state index >= 15 is 0 Å². The minimum absolute atomic E-state index is 0.0462. The molecule has 0 unspecified atom stereocenters. The molecule has 0 radical (unpaired) electrons. The van der Waals surface area contributed by atoms with Crippen molar-refractivity contribution >= 4 is 27.5 Å². The van der Waals surface area contributed by atoms with Gasteiger partial charge in [0.1, 0.15) is 24.1 Å². The van der Waals surface area contributed by atoms with Gasteiger partial charge in [0.25, 0.3) is 10.0 Å². The fraction of sp³-hybridized carbons (Fsp3) is 0.316. The summed E-state index contributed by atoms with van der Waals surface area (Å²) in [6.07, 6.45) is 0.885. The Balaban J connectivity index is 1.89. The first-order valence-corrected chi connectivity index (χ1v) is 17.6. The van der Waals surface area contributed by atoms with Crippen LogP contribution >= 0.6 is 0 Å². The van der Waals surface area contributed by atoms with Gasteiger partial charge in [-0.05, 0) is 48.7 Å². The van der Waals surface area contributed by atoms with Gasteiger partial charge in [-0.2, -0.15) is 0 Å². The highest BCUT2D eigenvalue weighted by atomic mass is 32.2. The number of benzene rings is 4. The van der Waals surface area contributed by atoms with Crippen LogP contribution in [0.3, 0.4) is 0 Å². The van der Waals surface area contributed by atoms with E-state index in [1.54, 1.807) is 12.1 Å². The molecular formula is C38H45N3O8S. The van der Waals surface area contributed by atoms with Crippen LogP contribution in [0.5, 0.6) is 23.0 Å². The van der Waals surface area contributed by atoms with Gasteiger partial charge in [-0.15, -0.1) is 0 Å². The summed E-state index contributed by atoms with van der Waals surface area (Å²) in [6, 6.07) is 26.4. The molecule has 4 rings (SSSR count). The van der Waals surface area contributed by atoms with E-state index in [1.165, 1.54) is 57.6 Å². The highest BCUT2D eigenvalue weighted by Crippen LogP contribution is 2.38.